The van der Waals surface area contributed by atoms with Gasteiger partial charge < -0.3 is 5.11 Å². The lowest BCUT2D eigenvalue weighted by atomic mass is 9.96. The fourth-order valence-electron chi connectivity index (χ4n) is 1.36. The molecule has 13 heavy (non-hydrogen) atoms. The summed E-state index contributed by atoms with van der Waals surface area (Å²) in [7, 11) is 0. The van der Waals surface area contributed by atoms with Gasteiger partial charge in [-0.3, -0.25) is 0 Å². The van der Waals surface area contributed by atoms with Crippen LogP contribution in [0.5, 0.6) is 0 Å². The highest BCUT2D eigenvalue weighted by molar-refractivity contribution is 5.27. The van der Waals surface area contributed by atoms with Gasteiger partial charge in [0, 0.05) is 0 Å². The standard InChI is InChI=1S/C12H18O/c1-4-9(2)11-6-5-7-12(8-11)10(3)13/h5-10,13H,4H2,1-3H3. The van der Waals surface area contributed by atoms with Gasteiger partial charge in [0.1, 0.15) is 0 Å². The number of hydrogen-bond acceptors (Lipinski definition) is 1. The normalized spacial score (nSPS) is 15.4. The minimum atomic E-state index is -0.357. The number of rotatable bonds is 3. The molecule has 2 atom stereocenters. The molecule has 0 saturated heterocycles. The van der Waals surface area contributed by atoms with E-state index in [9.17, 15) is 5.11 Å². The quantitative estimate of drug-likeness (QED) is 0.753. The molecule has 0 radical (unpaired) electrons. The monoisotopic (exact) mass is 178 g/mol. The lowest BCUT2D eigenvalue weighted by Crippen LogP contribution is -1.95. The Morgan fingerprint density at radius 3 is 2.38 bits per heavy atom. The van der Waals surface area contributed by atoms with Crippen LogP contribution in [0, 0.1) is 0 Å². The number of aliphatic hydroxyl groups excluding tert-OH is 1. The summed E-state index contributed by atoms with van der Waals surface area (Å²) in [4.78, 5) is 0. The van der Waals surface area contributed by atoms with E-state index in [0.717, 1.165) is 12.0 Å². The van der Waals surface area contributed by atoms with E-state index >= 15 is 0 Å². The molecule has 0 heterocycles. The molecule has 1 heteroatoms. The van der Waals surface area contributed by atoms with Gasteiger partial charge in [0.2, 0.25) is 0 Å². The lowest BCUT2D eigenvalue weighted by molar-refractivity contribution is 0.199. The smallest absolute Gasteiger partial charge is 0.0762 e. The molecular formula is C12H18O. The number of hydrogen-bond donors (Lipinski definition) is 1. The van der Waals surface area contributed by atoms with E-state index in [1.807, 2.05) is 12.1 Å². The first-order valence-corrected chi connectivity index (χ1v) is 4.93. The van der Waals surface area contributed by atoms with Crippen LogP contribution in [-0.2, 0) is 0 Å². The topological polar surface area (TPSA) is 20.2 Å². The van der Waals surface area contributed by atoms with E-state index in [-0.39, 0.29) is 6.10 Å². The summed E-state index contributed by atoms with van der Waals surface area (Å²) < 4.78 is 0. The zero-order valence-corrected chi connectivity index (χ0v) is 8.62. The summed E-state index contributed by atoms with van der Waals surface area (Å²) in [5, 5.41) is 9.40. The van der Waals surface area contributed by atoms with Crippen molar-refractivity contribution >= 4 is 0 Å². The second-order valence-corrected chi connectivity index (χ2v) is 3.66. The molecule has 0 fully saturated rings. The molecule has 0 aromatic heterocycles. The average Bonchev–Trinajstić information content (AvgIpc) is 2.17. The van der Waals surface area contributed by atoms with Gasteiger partial charge in [-0.05, 0) is 30.4 Å². The summed E-state index contributed by atoms with van der Waals surface area (Å²) >= 11 is 0. The van der Waals surface area contributed by atoms with Crippen LogP contribution < -0.4 is 0 Å². The van der Waals surface area contributed by atoms with Crippen molar-refractivity contribution in [2.24, 2.45) is 0 Å². The van der Waals surface area contributed by atoms with Gasteiger partial charge >= 0.3 is 0 Å². The van der Waals surface area contributed by atoms with Crippen molar-refractivity contribution < 1.29 is 5.11 Å². The molecule has 1 N–H and O–H groups in total. The highest BCUT2D eigenvalue weighted by Gasteiger charge is 2.05. The highest BCUT2D eigenvalue weighted by atomic mass is 16.3. The summed E-state index contributed by atoms with van der Waals surface area (Å²) in [5.41, 5.74) is 2.33. The Morgan fingerprint density at radius 1 is 1.23 bits per heavy atom. The van der Waals surface area contributed by atoms with Crippen molar-refractivity contribution in [2.75, 3.05) is 0 Å². The Morgan fingerprint density at radius 2 is 1.85 bits per heavy atom. The van der Waals surface area contributed by atoms with Crippen molar-refractivity contribution in [2.45, 2.75) is 39.2 Å². The van der Waals surface area contributed by atoms with Gasteiger partial charge in [-0.1, -0.05) is 38.1 Å². The van der Waals surface area contributed by atoms with E-state index in [1.165, 1.54) is 5.56 Å². The first-order chi connectivity index (χ1) is 6.15. The SMILES string of the molecule is CCC(C)c1cccc(C(C)O)c1. The van der Waals surface area contributed by atoms with Gasteiger partial charge in [0.15, 0.2) is 0 Å². The van der Waals surface area contributed by atoms with E-state index < -0.39 is 0 Å². The van der Waals surface area contributed by atoms with Crippen LogP contribution in [0.2, 0.25) is 0 Å². The zero-order chi connectivity index (χ0) is 9.84. The molecule has 1 aromatic carbocycles. The summed E-state index contributed by atoms with van der Waals surface area (Å²) in [6.45, 7) is 6.19. The van der Waals surface area contributed by atoms with Gasteiger partial charge in [-0.2, -0.15) is 0 Å². The van der Waals surface area contributed by atoms with Gasteiger partial charge in [-0.25, -0.2) is 0 Å². The number of benzene rings is 1. The summed E-state index contributed by atoms with van der Waals surface area (Å²) in [6, 6.07) is 8.21. The molecular weight excluding hydrogens is 160 g/mol. The van der Waals surface area contributed by atoms with Gasteiger partial charge in [0.25, 0.3) is 0 Å². The third-order valence-corrected chi connectivity index (χ3v) is 2.57. The van der Waals surface area contributed by atoms with Gasteiger partial charge in [0.05, 0.1) is 6.10 Å². The molecule has 0 spiro atoms. The second-order valence-electron chi connectivity index (χ2n) is 3.66. The average molecular weight is 178 g/mol. The van der Waals surface area contributed by atoms with Crippen LogP contribution in [0.3, 0.4) is 0 Å². The number of aliphatic hydroxyl groups is 1. The predicted molar refractivity (Wildman–Crippen MR) is 55.8 cm³/mol. The van der Waals surface area contributed by atoms with E-state index in [4.69, 9.17) is 0 Å². The fraction of sp³-hybridized carbons (Fsp3) is 0.500. The van der Waals surface area contributed by atoms with Crippen LogP contribution in [0.1, 0.15) is 50.3 Å². The minimum Gasteiger partial charge on any atom is -0.389 e. The molecule has 1 nitrogen and oxygen atoms in total. The Bertz CT molecular complexity index is 266. The Labute approximate surface area is 80.4 Å². The first-order valence-electron chi connectivity index (χ1n) is 4.93. The van der Waals surface area contributed by atoms with Crippen LogP contribution in [0.15, 0.2) is 24.3 Å². The van der Waals surface area contributed by atoms with Crippen molar-refractivity contribution in [1.29, 1.82) is 0 Å². The van der Waals surface area contributed by atoms with Crippen LogP contribution in [-0.4, -0.2) is 5.11 Å². The minimum absolute atomic E-state index is 0.357. The molecule has 1 aromatic rings. The predicted octanol–water partition coefficient (Wildman–Crippen LogP) is 3.25. The molecule has 0 aliphatic heterocycles. The van der Waals surface area contributed by atoms with Crippen molar-refractivity contribution in [3.63, 3.8) is 0 Å². The molecule has 0 saturated carbocycles. The van der Waals surface area contributed by atoms with Crippen LogP contribution in [0.4, 0.5) is 0 Å². The van der Waals surface area contributed by atoms with Crippen molar-refractivity contribution in [3.05, 3.63) is 35.4 Å². The van der Waals surface area contributed by atoms with Crippen LogP contribution in [0.25, 0.3) is 0 Å². The van der Waals surface area contributed by atoms with Crippen molar-refractivity contribution in [3.8, 4) is 0 Å². The zero-order valence-electron chi connectivity index (χ0n) is 8.62. The molecule has 0 aliphatic rings. The lowest BCUT2D eigenvalue weighted by Gasteiger charge is -2.11. The largest absolute Gasteiger partial charge is 0.389 e. The molecule has 2 unspecified atom stereocenters. The third-order valence-electron chi connectivity index (χ3n) is 2.57. The van der Waals surface area contributed by atoms with Crippen LogP contribution >= 0.6 is 0 Å². The maximum atomic E-state index is 9.40. The van der Waals surface area contributed by atoms with Gasteiger partial charge in [-0.15, -0.1) is 0 Å². The van der Waals surface area contributed by atoms with E-state index in [0.29, 0.717) is 5.92 Å². The third kappa shape index (κ3) is 2.56. The Hall–Kier alpha value is -0.820. The fourth-order valence-corrected chi connectivity index (χ4v) is 1.36. The summed E-state index contributed by atoms with van der Waals surface area (Å²) in [6.07, 6.45) is 0.785. The Kier molecular flexibility index (Phi) is 3.49. The first kappa shape index (κ1) is 10.3. The highest BCUT2D eigenvalue weighted by Crippen LogP contribution is 2.22. The van der Waals surface area contributed by atoms with E-state index in [2.05, 4.69) is 26.0 Å². The molecule has 1 rings (SSSR count). The Balaban J connectivity index is 2.91. The molecule has 0 bridgehead atoms. The van der Waals surface area contributed by atoms with E-state index in [1.54, 1.807) is 6.92 Å². The molecule has 0 aliphatic carbocycles. The maximum Gasteiger partial charge on any atom is 0.0762 e. The molecule has 72 valence electrons. The van der Waals surface area contributed by atoms with Crippen molar-refractivity contribution in [1.82, 2.24) is 0 Å². The summed E-state index contributed by atoms with van der Waals surface area (Å²) in [5.74, 6) is 0.582. The maximum absolute atomic E-state index is 9.40. The second kappa shape index (κ2) is 4.43. The molecule has 0 amide bonds.